The Labute approximate surface area is 166 Å². The Morgan fingerprint density at radius 1 is 1.07 bits per heavy atom. The lowest BCUT2D eigenvalue weighted by molar-refractivity contribution is 0.0634. The zero-order valence-corrected chi connectivity index (χ0v) is 15.4. The van der Waals surface area contributed by atoms with Gasteiger partial charge in [-0.15, -0.1) is 0 Å². The molecule has 3 aromatic rings. The van der Waals surface area contributed by atoms with E-state index in [0.29, 0.717) is 18.8 Å². The van der Waals surface area contributed by atoms with E-state index in [-0.39, 0.29) is 24.1 Å². The zero-order chi connectivity index (χ0) is 20.0. The zero-order valence-electron chi connectivity index (χ0n) is 15.4. The molecule has 1 aliphatic carbocycles. The third kappa shape index (κ3) is 2.86. The van der Waals surface area contributed by atoms with Crippen LogP contribution in [0.5, 0.6) is 0 Å². The number of ether oxygens (including phenoxy) is 1. The fourth-order valence-electron chi connectivity index (χ4n) is 4.18. The summed E-state index contributed by atoms with van der Waals surface area (Å²) in [6.45, 7) is 0.967. The molecule has 0 spiro atoms. The Hall–Kier alpha value is -3.61. The molecule has 0 atom stereocenters. The van der Waals surface area contributed by atoms with Gasteiger partial charge in [-0.2, -0.15) is 0 Å². The van der Waals surface area contributed by atoms with Gasteiger partial charge in [0.25, 0.3) is 0 Å². The van der Waals surface area contributed by atoms with Crippen LogP contribution in [0.1, 0.15) is 39.2 Å². The van der Waals surface area contributed by atoms with E-state index in [0.717, 1.165) is 17.5 Å². The number of carbonyl (C=O) groups excluding carboxylic acids is 1. The molecule has 0 unspecified atom stereocenters. The van der Waals surface area contributed by atoms with E-state index in [1.54, 1.807) is 4.90 Å². The summed E-state index contributed by atoms with van der Waals surface area (Å²) >= 11 is 0. The largest absolute Gasteiger partial charge is 0.476 e. The van der Waals surface area contributed by atoms with Crippen LogP contribution in [-0.2, 0) is 4.74 Å². The number of carboxylic acids is 1. The molecule has 1 amide bonds. The maximum absolute atomic E-state index is 12.5. The van der Waals surface area contributed by atoms with E-state index >= 15 is 0 Å². The second kappa shape index (κ2) is 6.77. The lowest BCUT2D eigenvalue weighted by atomic mass is 9.96. The number of oxazole rings is 1. The second-order valence-corrected chi connectivity index (χ2v) is 7.28. The van der Waals surface area contributed by atoms with Gasteiger partial charge >= 0.3 is 12.1 Å². The van der Waals surface area contributed by atoms with Crippen molar-refractivity contribution in [3.8, 4) is 11.1 Å². The molecule has 7 heteroatoms. The van der Waals surface area contributed by atoms with Crippen molar-refractivity contribution in [2.75, 3.05) is 19.7 Å². The van der Waals surface area contributed by atoms with Crippen molar-refractivity contribution in [1.29, 1.82) is 0 Å². The van der Waals surface area contributed by atoms with Crippen LogP contribution in [0.25, 0.3) is 11.1 Å². The Bertz CT molecular complexity index is 1050. The average molecular weight is 390 g/mol. The van der Waals surface area contributed by atoms with Gasteiger partial charge in [-0.25, -0.2) is 14.6 Å². The Balaban J connectivity index is 1.24. The van der Waals surface area contributed by atoms with Crippen LogP contribution in [0.2, 0.25) is 0 Å². The highest BCUT2D eigenvalue weighted by Gasteiger charge is 2.38. The Morgan fingerprint density at radius 2 is 1.69 bits per heavy atom. The maximum atomic E-state index is 12.5. The van der Waals surface area contributed by atoms with Crippen molar-refractivity contribution in [3.05, 3.63) is 77.5 Å². The van der Waals surface area contributed by atoms with Crippen molar-refractivity contribution < 1.29 is 23.8 Å². The van der Waals surface area contributed by atoms with E-state index in [4.69, 9.17) is 14.3 Å². The average Bonchev–Trinajstić information content (AvgIpc) is 3.29. The summed E-state index contributed by atoms with van der Waals surface area (Å²) in [6.07, 6.45) is 0.717. The first-order valence-corrected chi connectivity index (χ1v) is 9.40. The predicted octanol–water partition coefficient (Wildman–Crippen LogP) is 3.72. The van der Waals surface area contributed by atoms with Crippen LogP contribution in [-0.4, -0.2) is 46.7 Å². The lowest BCUT2D eigenvalue weighted by Gasteiger charge is -2.37. The van der Waals surface area contributed by atoms with E-state index in [2.05, 4.69) is 29.2 Å². The summed E-state index contributed by atoms with van der Waals surface area (Å²) in [5.74, 6) is -0.992. The molecule has 1 N–H and O–H groups in total. The monoisotopic (exact) mass is 390 g/mol. The molecule has 7 nitrogen and oxygen atoms in total. The normalized spacial score (nSPS) is 15.5. The molecular formula is C22H18N2O5. The van der Waals surface area contributed by atoms with E-state index in [1.165, 1.54) is 11.1 Å². The fourth-order valence-corrected chi connectivity index (χ4v) is 4.18. The number of fused-ring (bicyclic) bond motifs is 3. The molecule has 2 aliphatic rings. The van der Waals surface area contributed by atoms with E-state index in [9.17, 15) is 9.59 Å². The number of benzene rings is 2. The minimum Gasteiger partial charge on any atom is -0.476 e. The number of hydrogen-bond donors (Lipinski definition) is 1. The topological polar surface area (TPSA) is 92.9 Å². The number of likely N-dealkylation sites (tertiary alicyclic amines) is 1. The molecule has 0 radical (unpaired) electrons. The van der Waals surface area contributed by atoms with Gasteiger partial charge in [0.2, 0.25) is 0 Å². The fraction of sp³-hybridized carbons (Fsp3) is 0.227. The van der Waals surface area contributed by atoms with Crippen LogP contribution >= 0.6 is 0 Å². The SMILES string of the molecule is O=C(O)c1ncoc1C1CN(C(=O)OCC2c3ccccc3-c3ccccc32)C1. The molecule has 2 heterocycles. The molecule has 2 aromatic carbocycles. The van der Waals surface area contributed by atoms with Gasteiger partial charge in [-0.3, -0.25) is 0 Å². The predicted molar refractivity (Wildman–Crippen MR) is 103 cm³/mol. The van der Waals surface area contributed by atoms with Crippen LogP contribution in [0.4, 0.5) is 4.79 Å². The summed E-state index contributed by atoms with van der Waals surface area (Å²) < 4.78 is 10.8. The van der Waals surface area contributed by atoms with Crippen molar-refractivity contribution in [2.45, 2.75) is 11.8 Å². The van der Waals surface area contributed by atoms with E-state index in [1.807, 2.05) is 24.3 Å². The number of carboxylic acid groups (broad SMARTS) is 1. The minimum absolute atomic E-state index is 0.0105. The lowest BCUT2D eigenvalue weighted by Crippen LogP contribution is -2.49. The standard InChI is InChI=1S/C22H18N2O5/c25-21(26)19-20(29-12-23-19)13-9-24(10-13)22(27)28-11-18-16-7-3-1-5-14(16)15-6-2-4-8-17(15)18/h1-8,12-13,18H,9-11H2,(H,25,26). The van der Waals surface area contributed by atoms with Crippen molar-refractivity contribution in [1.82, 2.24) is 9.88 Å². The Kier molecular flexibility index (Phi) is 4.08. The number of amides is 1. The summed E-state index contributed by atoms with van der Waals surface area (Å²) in [7, 11) is 0. The van der Waals surface area contributed by atoms with Crippen molar-refractivity contribution in [2.24, 2.45) is 0 Å². The summed E-state index contributed by atoms with van der Waals surface area (Å²) in [6, 6.07) is 16.3. The molecule has 1 saturated heterocycles. The summed E-state index contributed by atoms with van der Waals surface area (Å²) in [4.78, 5) is 28.9. The summed E-state index contributed by atoms with van der Waals surface area (Å²) in [5, 5.41) is 9.14. The van der Waals surface area contributed by atoms with E-state index < -0.39 is 12.1 Å². The van der Waals surface area contributed by atoms with Gasteiger partial charge < -0.3 is 19.2 Å². The molecule has 0 bridgehead atoms. The third-order valence-corrected chi connectivity index (χ3v) is 5.64. The van der Waals surface area contributed by atoms with Crippen molar-refractivity contribution >= 4 is 12.1 Å². The highest BCUT2D eigenvalue weighted by atomic mass is 16.6. The first kappa shape index (κ1) is 17.5. The molecule has 146 valence electrons. The van der Waals surface area contributed by atoms with Gasteiger partial charge in [-0.05, 0) is 22.3 Å². The maximum Gasteiger partial charge on any atom is 0.409 e. The first-order chi connectivity index (χ1) is 14.1. The number of aromatic carboxylic acids is 1. The number of hydrogen-bond acceptors (Lipinski definition) is 5. The van der Waals surface area contributed by atoms with Crippen molar-refractivity contribution in [3.63, 3.8) is 0 Å². The minimum atomic E-state index is -1.13. The summed E-state index contributed by atoms with van der Waals surface area (Å²) in [5.41, 5.74) is 4.59. The Morgan fingerprint density at radius 3 is 2.31 bits per heavy atom. The number of nitrogens with zero attached hydrogens (tertiary/aromatic N) is 2. The number of aromatic nitrogens is 1. The molecule has 1 fully saturated rings. The van der Waals surface area contributed by atoms with Gasteiger partial charge in [0, 0.05) is 19.0 Å². The number of rotatable bonds is 4. The van der Waals surface area contributed by atoms with Crippen LogP contribution in [0.3, 0.4) is 0 Å². The van der Waals surface area contributed by atoms with Gasteiger partial charge in [0.15, 0.2) is 12.1 Å². The van der Waals surface area contributed by atoms with Gasteiger partial charge in [0.1, 0.15) is 12.4 Å². The molecule has 1 aliphatic heterocycles. The van der Waals surface area contributed by atoms with Crippen LogP contribution in [0, 0.1) is 0 Å². The van der Waals surface area contributed by atoms with Crippen LogP contribution in [0.15, 0.2) is 59.3 Å². The first-order valence-electron chi connectivity index (χ1n) is 9.40. The quantitative estimate of drug-likeness (QED) is 0.730. The molecular weight excluding hydrogens is 372 g/mol. The molecule has 5 rings (SSSR count). The number of carbonyl (C=O) groups is 2. The molecule has 0 saturated carbocycles. The molecule has 1 aromatic heterocycles. The van der Waals surface area contributed by atoms with Gasteiger partial charge in [-0.1, -0.05) is 48.5 Å². The highest BCUT2D eigenvalue weighted by molar-refractivity contribution is 5.86. The second-order valence-electron chi connectivity index (χ2n) is 7.28. The molecule has 29 heavy (non-hydrogen) atoms. The highest BCUT2D eigenvalue weighted by Crippen LogP contribution is 2.44. The third-order valence-electron chi connectivity index (χ3n) is 5.64. The van der Waals surface area contributed by atoms with Gasteiger partial charge in [0.05, 0.1) is 5.92 Å². The smallest absolute Gasteiger partial charge is 0.409 e. The van der Waals surface area contributed by atoms with Crippen LogP contribution < -0.4 is 0 Å².